The van der Waals surface area contributed by atoms with E-state index >= 15 is 4.39 Å². The van der Waals surface area contributed by atoms with Crippen molar-refractivity contribution in [1.82, 2.24) is 19.7 Å². The number of nitrogens with zero attached hydrogens (tertiary/aromatic N) is 3. The molecule has 2 aromatic heterocycles. The SMILES string of the molecule is CCCCc1nc(C)c(-c2ccc(F)cc2)c(=O)n1Cc1ccc(-c2ccccc2-c2noc(=O)[nH]2)cc1F.[K]. The largest absolute Gasteiger partial charge is 0.439 e. The molecule has 40 heavy (non-hydrogen) atoms. The predicted molar refractivity (Wildman–Crippen MR) is 150 cm³/mol. The van der Waals surface area contributed by atoms with Crippen LogP contribution in [-0.4, -0.2) is 71.1 Å². The number of halogens is 2. The number of aryl methyl sites for hydroxylation is 2. The van der Waals surface area contributed by atoms with Crippen molar-refractivity contribution >= 4 is 51.4 Å². The summed E-state index contributed by atoms with van der Waals surface area (Å²) >= 11 is 0. The number of H-pyrrole nitrogens is 1. The average Bonchev–Trinajstić information content (AvgIpc) is 3.37. The molecule has 0 spiro atoms. The van der Waals surface area contributed by atoms with Gasteiger partial charge in [-0.15, -0.1) is 0 Å². The van der Waals surface area contributed by atoms with E-state index < -0.39 is 17.4 Å². The van der Waals surface area contributed by atoms with Gasteiger partial charge in [0, 0.05) is 68.9 Å². The first kappa shape index (κ1) is 29.9. The average molecular weight is 568 g/mol. The molecule has 0 aliphatic rings. The summed E-state index contributed by atoms with van der Waals surface area (Å²) in [7, 11) is 0. The summed E-state index contributed by atoms with van der Waals surface area (Å²) < 4.78 is 35.2. The molecule has 0 aliphatic heterocycles. The molecule has 10 heteroatoms. The number of unbranched alkanes of at least 4 members (excludes halogenated alkanes) is 1. The third-order valence-electron chi connectivity index (χ3n) is 6.63. The fourth-order valence-electron chi connectivity index (χ4n) is 4.66. The minimum atomic E-state index is -0.683. The van der Waals surface area contributed by atoms with Gasteiger partial charge in [0.05, 0.1) is 17.8 Å². The van der Waals surface area contributed by atoms with E-state index in [2.05, 4.69) is 14.7 Å². The van der Waals surface area contributed by atoms with Crippen LogP contribution in [0.2, 0.25) is 0 Å². The Morgan fingerprint density at radius 3 is 2.30 bits per heavy atom. The van der Waals surface area contributed by atoms with Crippen LogP contribution in [0.3, 0.4) is 0 Å². The van der Waals surface area contributed by atoms with Gasteiger partial charge in [0.15, 0.2) is 5.82 Å². The van der Waals surface area contributed by atoms with Crippen molar-refractivity contribution in [3.8, 4) is 33.6 Å². The molecule has 3 aromatic carbocycles. The molecule has 2 heterocycles. The molecule has 0 amide bonds. The number of aromatic amines is 1. The van der Waals surface area contributed by atoms with Crippen LogP contribution in [-0.2, 0) is 13.0 Å². The molecule has 1 N–H and O–H groups in total. The summed E-state index contributed by atoms with van der Waals surface area (Å²) in [4.78, 5) is 32.4. The van der Waals surface area contributed by atoms with Gasteiger partial charge in [0.1, 0.15) is 17.5 Å². The van der Waals surface area contributed by atoms with E-state index in [1.807, 2.05) is 6.92 Å². The Labute approximate surface area is 271 Å². The van der Waals surface area contributed by atoms with Crippen molar-refractivity contribution in [2.45, 2.75) is 39.7 Å². The van der Waals surface area contributed by atoms with Crippen LogP contribution in [0.4, 0.5) is 8.78 Å². The molecule has 7 nitrogen and oxygen atoms in total. The molecule has 199 valence electrons. The zero-order valence-corrected chi connectivity index (χ0v) is 25.6. The quantitative estimate of drug-likeness (QED) is 0.249. The molecule has 0 saturated carbocycles. The second-order valence-corrected chi connectivity index (χ2v) is 9.29. The van der Waals surface area contributed by atoms with Crippen molar-refractivity contribution < 1.29 is 13.3 Å². The first-order valence-electron chi connectivity index (χ1n) is 12.7. The van der Waals surface area contributed by atoms with Crippen molar-refractivity contribution in [3.63, 3.8) is 0 Å². The molecule has 0 aliphatic carbocycles. The number of nitrogens with one attached hydrogen (secondary N) is 1. The van der Waals surface area contributed by atoms with E-state index in [4.69, 9.17) is 4.98 Å². The van der Waals surface area contributed by atoms with Gasteiger partial charge in [-0.1, -0.05) is 67.0 Å². The van der Waals surface area contributed by atoms with E-state index in [1.54, 1.807) is 55.5 Å². The summed E-state index contributed by atoms with van der Waals surface area (Å²) in [5.41, 5.74) is 3.30. The molecule has 1 radical (unpaired) electrons. The molecular formula is C30H26F2KN4O3. The maximum Gasteiger partial charge on any atom is 0.439 e. The van der Waals surface area contributed by atoms with Crippen LogP contribution in [0, 0.1) is 18.6 Å². The topological polar surface area (TPSA) is 93.8 Å². The summed E-state index contributed by atoms with van der Waals surface area (Å²) in [5, 5.41) is 3.75. The van der Waals surface area contributed by atoms with Crippen LogP contribution in [0.25, 0.3) is 33.6 Å². The van der Waals surface area contributed by atoms with Gasteiger partial charge < -0.3 is 0 Å². The van der Waals surface area contributed by atoms with Crippen molar-refractivity contribution in [1.29, 1.82) is 0 Å². The number of rotatable bonds is 8. The van der Waals surface area contributed by atoms with E-state index in [9.17, 15) is 14.0 Å². The third kappa shape index (κ3) is 6.31. The molecular weight excluding hydrogens is 541 g/mol. The van der Waals surface area contributed by atoms with Crippen molar-refractivity contribution in [2.24, 2.45) is 0 Å². The molecule has 0 saturated heterocycles. The number of benzene rings is 3. The molecule has 5 rings (SSSR count). The fraction of sp³-hybridized carbons (Fsp3) is 0.200. The standard InChI is InChI=1S/C30H26F2N4O3.K/c1-3-4-9-26-33-18(2)27(19-12-14-22(31)15-13-19)29(37)36(26)17-21-11-10-20(16-25(21)32)23-7-5-6-8-24(23)28-34-30(38)39-35-28;/h5-8,10-16H,3-4,9,17H2,1-2H3,(H,34,35,38);. The van der Waals surface area contributed by atoms with E-state index in [-0.39, 0.29) is 69.3 Å². The number of hydrogen-bond donors (Lipinski definition) is 1. The van der Waals surface area contributed by atoms with Crippen molar-refractivity contribution in [2.75, 3.05) is 0 Å². The van der Waals surface area contributed by atoms with E-state index in [0.29, 0.717) is 51.3 Å². The maximum atomic E-state index is 15.6. The van der Waals surface area contributed by atoms with Crippen LogP contribution >= 0.6 is 0 Å². The Morgan fingerprint density at radius 2 is 1.65 bits per heavy atom. The van der Waals surface area contributed by atoms with Gasteiger partial charge >= 0.3 is 5.76 Å². The van der Waals surface area contributed by atoms with Crippen LogP contribution in [0.1, 0.15) is 36.8 Å². The van der Waals surface area contributed by atoms with Gasteiger partial charge in [-0.05, 0) is 48.2 Å². The van der Waals surface area contributed by atoms with Crippen LogP contribution in [0.5, 0.6) is 0 Å². The molecule has 0 unspecified atom stereocenters. The summed E-state index contributed by atoms with van der Waals surface area (Å²) in [5.74, 6) is -0.756. The summed E-state index contributed by atoms with van der Waals surface area (Å²) in [6.45, 7) is 3.80. The van der Waals surface area contributed by atoms with Crippen molar-refractivity contribution in [3.05, 3.63) is 116 Å². The fourth-order valence-corrected chi connectivity index (χ4v) is 4.66. The Kier molecular flexibility index (Phi) is 9.80. The zero-order chi connectivity index (χ0) is 27.5. The van der Waals surface area contributed by atoms with E-state index in [1.165, 1.54) is 22.8 Å². The smallest absolute Gasteiger partial charge is 0.296 e. The third-order valence-corrected chi connectivity index (χ3v) is 6.63. The first-order valence-corrected chi connectivity index (χ1v) is 12.7. The Bertz CT molecular complexity index is 1760. The van der Waals surface area contributed by atoms with Gasteiger partial charge in [-0.2, -0.15) is 0 Å². The maximum absolute atomic E-state index is 15.6. The predicted octanol–water partition coefficient (Wildman–Crippen LogP) is 5.52. The Balaban J connectivity index is 0.00000370. The molecule has 0 fully saturated rings. The van der Waals surface area contributed by atoms with Gasteiger partial charge in [-0.25, -0.2) is 18.6 Å². The summed E-state index contributed by atoms with van der Waals surface area (Å²) in [6.07, 6.45) is 2.30. The Morgan fingerprint density at radius 1 is 0.950 bits per heavy atom. The van der Waals surface area contributed by atoms with Crippen LogP contribution < -0.4 is 11.3 Å². The minimum Gasteiger partial charge on any atom is -0.296 e. The number of aromatic nitrogens is 4. The van der Waals surface area contributed by atoms with Gasteiger partial charge in [0.2, 0.25) is 0 Å². The normalized spacial score (nSPS) is 10.9. The van der Waals surface area contributed by atoms with E-state index in [0.717, 1.165) is 12.8 Å². The monoisotopic (exact) mass is 567 g/mol. The second-order valence-electron chi connectivity index (χ2n) is 9.29. The first-order chi connectivity index (χ1) is 18.9. The second kappa shape index (κ2) is 13.1. The Hall–Kier alpha value is -3.02. The zero-order valence-electron chi connectivity index (χ0n) is 22.5. The molecule has 5 aromatic rings. The number of hydrogen-bond acceptors (Lipinski definition) is 5. The molecule has 0 bridgehead atoms. The summed E-state index contributed by atoms with van der Waals surface area (Å²) in [6, 6.07) is 17.6. The van der Waals surface area contributed by atoms with Gasteiger partial charge in [0.25, 0.3) is 5.56 Å². The molecule has 0 atom stereocenters. The van der Waals surface area contributed by atoms with Gasteiger partial charge in [-0.3, -0.25) is 18.9 Å². The minimum absolute atomic E-state index is 0. The van der Waals surface area contributed by atoms with Crippen LogP contribution in [0.15, 0.2) is 80.8 Å².